The average Bonchev–Trinajstić information content (AvgIpc) is 3.15. The zero-order valence-corrected chi connectivity index (χ0v) is 17.6. The van der Waals surface area contributed by atoms with Crippen molar-refractivity contribution in [1.82, 2.24) is 5.32 Å². The molecule has 0 unspecified atom stereocenters. The first-order valence-electron chi connectivity index (χ1n) is 10.2. The first-order chi connectivity index (χ1) is 15.5. The third-order valence-corrected chi connectivity index (χ3v) is 5.03. The molecular formula is C25H23N3O4. The Bertz CT molecular complexity index is 1260. The second-order valence-corrected chi connectivity index (χ2v) is 7.22. The summed E-state index contributed by atoms with van der Waals surface area (Å²) in [5.41, 5.74) is 8.90. The van der Waals surface area contributed by atoms with E-state index in [1.807, 2.05) is 31.2 Å². The summed E-state index contributed by atoms with van der Waals surface area (Å²) in [4.78, 5) is 24.8. The lowest BCUT2D eigenvalue weighted by Gasteiger charge is -2.10. The van der Waals surface area contributed by atoms with Crippen molar-refractivity contribution in [1.29, 1.82) is 0 Å². The average molecular weight is 429 g/mol. The molecule has 0 saturated heterocycles. The Morgan fingerprint density at radius 3 is 2.41 bits per heavy atom. The van der Waals surface area contributed by atoms with Crippen LogP contribution in [0.4, 0.5) is 11.4 Å². The van der Waals surface area contributed by atoms with Gasteiger partial charge in [-0.15, -0.1) is 0 Å². The smallest absolute Gasteiger partial charge is 0.287 e. The Hall–Kier alpha value is -4.26. The third-order valence-electron chi connectivity index (χ3n) is 5.03. The molecule has 162 valence electrons. The molecule has 7 heteroatoms. The van der Waals surface area contributed by atoms with Crippen LogP contribution >= 0.6 is 0 Å². The van der Waals surface area contributed by atoms with Crippen LogP contribution in [-0.4, -0.2) is 25.0 Å². The van der Waals surface area contributed by atoms with E-state index in [1.165, 1.54) is 0 Å². The summed E-state index contributed by atoms with van der Waals surface area (Å²) < 4.78 is 11.3. The Kier molecular flexibility index (Phi) is 6.07. The quantitative estimate of drug-likeness (QED) is 0.298. The van der Waals surface area contributed by atoms with E-state index in [1.54, 1.807) is 48.5 Å². The highest BCUT2D eigenvalue weighted by Gasteiger charge is 2.16. The molecule has 1 heterocycles. The minimum absolute atomic E-state index is 0.261. The number of nitrogen functional groups attached to an aromatic ring is 1. The Morgan fingerprint density at radius 1 is 0.938 bits per heavy atom. The summed E-state index contributed by atoms with van der Waals surface area (Å²) in [5, 5.41) is 6.50. The zero-order valence-electron chi connectivity index (χ0n) is 17.6. The summed E-state index contributed by atoms with van der Waals surface area (Å²) in [6, 6.07) is 21.3. The number of nitrogens with one attached hydrogen (secondary N) is 2. The highest BCUT2D eigenvalue weighted by Crippen LogP contribution is 2.24. The maximum absolute atomic E-state index is 12.4. The third kappa shape index (κ3) is 4.57. The number of rotatable bonds is 7. The monoisotopic (exact) mass is 429 g/mol. The molecule has 1 aromatic heterocycles. The fraction of sp³-hybridized carbons (Fsp3) is 0.120. The van der Waals surface area contributed by atoms with Crippen molar-refractivity contribution in [3.8, 4) is 5.75 Å². The van der Waals surface area contributed by atoms with Gasteiger partial charge in [-0.1, -0.05) is 30.3 Å². The molecular weight excluding hydrogens is 406 g/mol. The van der Waals surface area contributed by atoms with Crippen molar-refractivity contribution in [2.75, 3.05) is 24.2 Å². The highest BCUT2D eigenvalue weighted by molar-refractivity contribution is 6.05. The lowest BCUT2D eigenvalue weighted by molar-refractivity contribution is 0.0920. The van der Waals surface area contributed by atoms with Crippen LogP contribution in [0.1, 0.15) is 26.5 Å². The van der Waals surface area contributed by atoms with Crippen molar-refractivity contribution in [2.24, 2.45) is 0 Å². The molecule has 4 rings (SSSR count). The predicted octanol–water partition coefficient (Wildman–Crippen LogP) is 4.38. The number of aryl methyl sites for hydroxylation is 1. The Balaban J connectivity index is 1.27. The number of anilines is 2. The molecule has 0 saturated carbocycles. The summed E-state index contributed by atoms with van der Waals surface area (Å²) in [6.45, 7) is 2.45. The van der Waals surface area contributed by atoms with Crippen LogP contribution in [0.2, 0.25) is 0 Å². The van der Waals surface area contributed by atoms with Crippen LogP contribution in [0.15, 0.2) is 77.2 Å². The number of carbonyl (C=O) groups excluding carboxylic acids is 2. The van der Waals surface area contributed by atoms with Gasteiger partial charge in [0.25, 0.3) is 11.8 Å². The topological polar surface area (TPSA) is 107 Å². The van der Waals surface area contributed by atoms with E-state index >= 15 is 0 Å². The van der Waals surface area contributed by atoms with E-state index in [4.69, 9.17) is 14.9 Å². The number of ether oxygens (including phenoxy) is 1. The van der Waals surface area contributed by atoms with E-state index in [9.17, 15) is 9.59 Å². The van der Waals surface area contributed by atoms with Crippen LogP contribution < -0.4 is 21.1 Å². The highest BCUT2D eigenvalue weighted by atomic mass is 16.5. The molecule has 0 aliphatic carbocycles. The SMILES string of the molecule is Cc1c(C(=O)NCCOc2ccc(C(=O)Nc3ccccc3N)cc2)oc2ccccc12. The number of amides is 2. The van der Waals surface area contributed by atoms with E-state index in [2.05, 4.69) is 10.6 Å². The van der Waals surface area contributed by atoms with Crippen LogP contribution in [0, 0.1) is 6.92 Å². The molecule has 4 aromatic rings. The molecule has 4 N–H and O–H groups in total. The lowest BCUT2D eigenvalue weighted by atomic mass is 10.1. The predicted molar refractivity (Wildman–Crippen MR) is 124 cm³/mol. The fourth-order valence-corrected chi connectivity index (χ4v) is 3.31. The van der Waals surface area contributed by atoms with Gasteiger partial charge >= 0.3 is 0 Å². The first-order valence-corrected chi connectivity index (χ1v) is 10.2. The summed E-state index contributed by atoms with van der Waals surface area (Å²) in [5.74, 6) is 0.355. The standard InChI is InChI=1S/C25H23N3O4/c1-16-19-6-2-5-9-22(19)32-23(16)25(30)27-14-15-31-18-12-10-17(11-13-18)24(29)28-21-8-4-3-7-20(21)26/h2-13H,14-15,26H2,1H3,(H,27,30)(H,28,29). The maximum atomic E-state index is 12.4. The van der Waals surface area contributed by atoms with Gasteiger partial charge in [0.05, 0.1) is 17.9 Å². The lowest BCUT2D eigenvalue weighted by Crippen LogP contribution is -2.28. The van der Waals surface area contributed by atoms with Crippen LogP contribution in [0.25, 0.3) is 11.0 Å². The van der Waals surface area contributed by atoms with Crippen molar-refractivity contribution >= 4 is 34.2 Å². The van der Waals surface area contributed by atoms with Gasteiger partial charge in [-0.3, -0.25) is 9.59 Å². The molecule has 0 atom stereocenters. The maximum Gasteiger partial charge on any atom is 0.287 e. The van der Waals surface area contributed by atoms with Crippen molar-refractivity contribution < 1.29 is 18.7 Å². The van der Waals surface area contributed by atoms with Gasteiger partial charge < -0.3 is 25.5 Å². The molecule has 7 nitrogen and oxygen atoms in total. The van der Waals surface area contributed by atoms with Gasteiger partial charge in [-0.05, 0) is 49.4 Å². The molecule has 3 aromatic carbocycles. The number of para-hydroxylation sites is 3. The summed E-state index contributed by atoms with van der Waals surface area (Å²) in [7, 11) is 0. The molecule has 0 bridgehead atoms. The fourth-order valence-electron chi connectivity index (χ4n) is 3.31. The van der Waals surface area contributed by atoms with E-state index in [-0.39, 0.29) is 18.4 Å². The zero-order chi connectivity index (χ0) is 22.5. The van der Waals surface area contributed by atoms with E-state index in [0.717, 1.165) is 10.9 Å². The van der Waals surface area contributed by atoms with Crippen molar-refractivity contribution in [3.63, 3.8) is 0 Å². The molecule has 0 spiro atoms. The van der Waals surface area contributed by atoms with Crippen molar-refractivity contribution in [3.05, 3.63) is 89.7 Å². The largest absolute Gasteiger partial charge is 0.492 e. The Labute approximate surface area is 185 Å². The van der Waals surface area contributed by atoms with Crippen LogP contribution in [-0.2, 0) is 0 Å². The number of hydrogen-bond donors (Lipinski definition) is 3. The van der Waals surface area contributed by atoms with Gasteiger partial charge in [0, 0.05) is 16.5 Å². The molecule has 0 radical (unpaired) electrons. The number of nitrogens with two attached hydrogens (primary N) is 1. The van der Waals surface area contributed by atoms with Gasteiger partial charge in [0.2, 0.25) is 0 Å². The number of furan rings is 1. The van der Waals surface area contributed by atoms with Crippen molar-refractivity contribution in [2.45, 2.75) is 6.92 Å². The molecule has 0 fully saturated rings. The van der Waals surface area contributed by atoms with E-state index in [0.29, 0.717) is 40.6 Å². The second-order valence-electron chi connectivity index (χ2n) is 7.22. The normalized spacial score (nSPS) is 10.7. The van der Waals surface area contributed by atoms with Crippen LogP contribution in [0.3, 0.4) is 0 Å². The van der Waals surface area contributed by atoms with E-state index < -0.39 is 0 Å². The Morgan fingerprint density at radius 2 is 1.66 bits per heavy atom. The second kappa shape index (κ2) is 9.26. The number of carbonyl (C=O) groups is 2. The minimum atomic E-state index is -0.283. The van der Waals surface area contributed by atoms with Gasteiger partial charge in [-0.2, -0.15) is 0 Å². The molecule has 0 aliphatic heterocycles. The van der Waals surface area contributed by atoms with Crippen LogP contribution in [0.5, 0.6) is 5.75 Å². The van der Waals surface area contributed by atoms with Gasteiger partial charge in [0.15, 0.2) is 5.76 Å². The number of hydrogen-bond acceptors (Lipinski definition) is 5. The van der Waals surface area contributed by atoms with Gasteiger partial charge in [-0.25, -0.2) is 0 Å². The summed E-state index contributed by atoms with van der Waals surface area (Å²) >= 11 is 0. The molecule has 2 amide bonds. The molecule has 32 heavy (non-hydrogen) atoms. The first kappa shape index (κ1) is 21.0. The number of benzene rings is 3. The van der Waals surface area contributed by atoms with Gasteiger partial charge in [0.1, 0.15) is 17.9 Å². The summed E-state index contributed by atoms with van der Waals surface area (Å²) in [6.07, 6.45) is 0. The minimum Gasteiger partial charge on any atom is -0.492 e. The molecule has 0 aliphatic rings. The number of fused-ring (bicyclic) bond motifs is 1.